The van der Waals surface area contributed by atoms with Gasteiger partial charge in [0, 0.05) is 30.9 Å². The molecule has 1 amide bonds. The first-order valence-corrected chi connectivity index (χ1v) is 9.48. The van der Waals surface area contributed by atoms with Gasteiger partial charge in [-0.2, -0.15) is 0 Å². The molecular formula is C23H24N2O2. The molecule has 0 saturated carbocycles. The van der Waals surface area contributed by atoms with Crippen LogP contribution >= 0.6 is 0 Å². The van der Waals surface area contributed by atoms with Gasteiger partial charge in [0.05, 0.1) is 13.2 Å². The Bertz CT molecular complexity index is 915. The van der Waals surface area contributed by atoms with Crippen LogP contribution in [0.25, 0.3) is 10.8 Å². The average Bonchev–Trinajstić information content (AvgIpc) is 2.73. The lowest BCUT2D eigenvalue weighted by molar-refractivity contribution is -0.116. The minimum Gasteiger partial charge on any atom is -0.378 e. The molecule has 1 aliphatic rings. The second kappa shape index (κ2) is 8.23. The summed E-state index contributed by atoms with van der Waals surface area (Å²) in [6.07, 6.45) is 1.21. The third-order valence-corrected chi connectivity index (χ3v) is 4.98. The summed E-state index contributed by atoms with van der Waals surface area (Å²) in [4.78, 5) is 14.6. The van der Waals surface area contributed by atoms with Crippen LogP contribution in [-0.4, -0.2) is 32.2 Å². The van der Waals surface area contributed by atoms with Crippen LogP contribution in [0, 0.1) is 0 Å². The lowest BCUT2D eigenvalue weighted by Gasteiger charge is -2.28. The number of nitrogens with zero attached hydrogens (tertiary/aromatic N) is 1. The Kier molecular flexibility index (Phi) is 5.35. The van der Waals surface area contributed by atoms with Gasteiger partial charge in [0.15, 0.2) is 0 Å². The number of morpholine rings is 1. The zero-order chi connectivity index (χ0) is 18.5. The van der Waals surface area contributed by atoms with Crippen molar-refractivity contribution in [2.75, 3.05) is 36.5 Å². The molecule has 3 aromatic rings. The number of fused-ring (bicyclic) bond motifs is 1. The summed E-state index contributed by atoms with van der Waals surface area (Å²) in [5.74, 6) is 0.0438. The summed E-state index contributed by atoms with van der Waals surface area (Å²) < 4.78 is 5.39. The van der Waals surface area contributed by atoms with Crippen LogP contribution < -0.4 is 10.2 Å². The van der Waals surface area contributed by atoms with Crippen molar-refractivity contribution in [3.63, 3.8) is 0 Å². The highest BCUT2D eigenvalue weighted by atomic mass is 16.5. The third kappa shape index (κ3) is 4.47. The highest BCUT2D eigenvalue weighted by Gasteiger charge is 2.11. The maximum Gasteiger partial charge on any atom is 0.224 e. The summed E-state index contributed by atoms with van der Waals surface area (Å²) in [6, 6.07) is 22.7. The minimum absolute atomic E-state index is 0.0438. The molecule has 138 valence electrons. The molecule has 3 aromatic carbocycles. The maximum atomic E-state index is 12.3. The van der Waals surface area contributed by atoms with Crippen molar-refractivity contribution >= 4 is 28.1 Å². The molecule has 0 aromatic heterocycles. The zero-order valence-electron chi connectivity index (χ0n) is 15.4. The zero-order valence-corrected chi connectivity index (χ0v) is 15.4. The number of aryl methyl sites for hydroxylation is 1. The highest BCUT2D eigenvalue weighted by Crippen LogP contribution is 2.20. The monoisotopic (exact) mass is 360 g/mol. The predicted molar refractivity (Wildman–Crippen MR) is 110 cm³/mol. The Hall–Kier alpha value is -2.85. The van der Waals surface area contributed by atoms with E-state index in [1.807, 2.05) is 24.3 Å². The summed E-state index contributed by atoms with van der Waals surface area (Å²) in [7, 11) is 0. The normalized spacial score (nSPS) is 14.3. The molecule has 0 unspecified atom stereocenters. The van der Waals surface area contributed by atoms with Crippen LogP contribution in [0.5, 0.6) is 0 Å². The fourth-order valence-electron chi connectivity index (χ4n) is 3.45. The molecule has 0 atom stereocenters. The van der Waals surface area contributed by atoms with Crippen LogP contribution in [0.3, 0.4) is 0 Å². The van der Waals surface area contributed by atoms with Gasteiger partial charge < -0.3 is 15.0 Å². The smallest absolute Gasteiger partial charge is 0.224 e. The van der Waals surface area contributed by atoms with Gasteiger partial charge in [-0.05, 0) is 47.0 Å². The quantitative estimate of drug-likeness (QED) is 0.740. The van der Waals surface area contributed by atoms with Crippen LogP contribution in [0.1, 0.15) is 12.0 Å². The van der Waals surface area contributed by atoms with Gasteiger partial charge in [-0.25, -0.2) is 0 Å². The highest BCUT2D eigenvalue weighted by molar-refractivity contribution is 5.91. The van der Waals surface area contributed by atoms with Gasteiger partial charge in [-0.1, -0.05) is 42.5 Å². The van der Waals surface area contributed by atoms with Crippen molar-refractivity contribution in [1.82, 2.24) is 0 Å². The number of hydrogen-bond acceptors (Lipinski definition) is 3. The minimum atomic E-state index is 0.0438. The number of hydrogen-bond donors (Lipinski definition) is 1. The standard InChI is InChI=1S/C23H24N2O2/c26-23(12-6-18-5-7-19-3-1-2-4-20(19)17-18)24-21-8-10-22(11-9-21)25-13-15-27-16-14-25/h1-5,7-11,17H,6,12-16H2,(H,24,26). The summed E-state index contributed by atoms with van der Waals surface area (Å²) in [6.45, 7) is 3.37. The number of carbonyl (C=O) groups is 1. The van der Waals surface area contributed by atoms with E-state index in [4.69, 9.17) is 4.74 Å². The van der Waals surface area contributed by atoms with Crippen molar-refractivity contribution in [3.05, 3.63) is 72.3 Å². The molecular weight excluding hydrogens is 336 g/mol. The molecule has 1 heterocycles. The topological polar surface area (TPSA) is 41.6 Å². The Balaban J connectivity index is 1.31. The molecule has 4 rings (SSSR count). The second-order valence-electron chi connectivity index (χ2n) is 6.88. The first kappa shape index (κ1) is 17.6. The summed E-state index contributed by atoms with van der Waals surface area (Å²) >= 11 is 0. The van der Waals surface area contributed by atoms with Gasteiger partial charge in [-0.3, -0.25) is 4.79 Å². The van der Waals surface area contributed by atoms with E-state index in [0.717, 1.165) is 38.4 Å². The Morgan fingerprint density at radius 3 is 2.44 bits per heavy atom. The number of rotatable bonds is 5. The number of ether oxygens (including phenoxy) is 1. The SMILES string of the molecule is O=C(CCc1ccc2ccccc2c1)Nc1ccc(N2CCOCC2)cc1. The maximum absolute atomic E-state index is 12.3. The molecule has 4 nitrogen and oxygen atoms in total. The molecule has 0 radical (unpaired) electrons. The molecule has 0 spiro atoms. The molecule has 1 fully saturated rings. The van der Waals surface area contributed by atoms with E-state index in [-0.39, 0.29) is 5.91 Å². The van der Waals surface area contributed by atoms with E-state index in [1.54, 1.807) is 0 Å². The Morgan fingerprint density at radius 1 is 0.926 bits per heavy atom. The van der Waals surface area contributed by atoms with Gasteiger partial charge in [0.2, 0.25) is 5.91 Å². The fourth-order valence-corrected chi connectivity index (χ4v) is 3.45. The number of benzene rings is 3. The van der Waals surface area contributed by atoms with E-state index in [2.05, 4.69) is 52.7 Å². The molecule has 27 heavy (non-hydrogen) atoms. The van der Waals surface area contributed by atoms with Crippen molar-refractivity contribution in [2.45, 2.75) is 12.8 Å². The van der Waals surface area contributed by atoms with E-state index in [1.165, 1.54) is 22.0 Å². The molecule has 0 bridgehead atoms. The lowest BCUT2D eigenvalue weighted by Crippen LogP contribution is -2.36. The number of anilines is 2. The van der Waals surface area contributed by atoms with Crippen molar-refractivity contribution in [2.24, 2.45) is 0 Å². The molecule has 0 aliphatic carbocycles. The van der Waals surface area contributed by atoms with Crippen LogP contribution in [0.2, 0.25) is 0 Å². The van der Waals surface area contributed by atoms with Crippen molar-refractivity contribution in [1.29, 1.82) is 0 Å². The number of carbonyl (C=O) groups excluding carboxylic acids is 1. The average molecular weight is 360 g/mol. The van der Waals surface area contributed by atoms with Gasteiger partial charge in [0.25, 0.3) is 0 Å². The summed E-state index contributed by atoms with van der Waals surface area (Å²) in [5, 5.41) is 5.44. The fraction of sp³-hybridized carbons (Fsp3) is 0.261. The van der Waals surface area contributed by atoms with E-state index in [0.29, 0.717) is 6.42 Å². The van der Waals surface area contributed by atoms with Crippen molar-refractivity contribution < 1.29 is 9.53 Å². The number of nitrogens with one attached hydrogen (secondary N) is 1. The Labute approximate surface area is 159 Å². The van der Waals surface area contributed by atoms with Crippen molar-refractivity contribution in [3.8, 4) is 0 Å². The van der Waals surface area contributed by atoms with Gasteiger partial charge in [-0.15, -0.1) is 0 Å². The summed E-state index contributed by atoms with van der Waals surface area (Å²) in [5.41, 5.74) is 3.20. The first-order chi connectivity index (χ1) is 13.3. The van der Waals surface area contributed by atoms with E-state index < -0.39 is 0 Å². The predicted octanol–water partition coefficient (Wildman–Crippen LogP) is 4.25. The van der Waals surface area contributed by atoms with Crippen LogP contribution in [0.15, 0.2) is 66.7 Å². The van der Waals surface area contributed by atoms with E-state index >= 15 is 0 Å². The molecule has 1 aliphatic heterocycles. The van der Waals surface area contributed by atoms with Gasteiger partial charge in [0.1, 0.15) is 0 Å². The lowest BCUT2D eigenvalue weighted by atomic mass is 10.0. The third-order valence-electron chi connectivity index (χ3n) is 4.98. The van der Waals surface area contributed by atoms with Crippen LogP contribution in [-0.2, 0) is 16.0 Å². The molecule has 1 N–H and O–H groups in total. The Morgan fingerprint density at radius 2 is 1.67 bits per heavy atom. The molecule has 4 heteroatoms. The molecule has 1 saturated heterocycles. The van der Waals surface area contributed by atoms with E-state index in [9.17, 15) is 4.79 Å². The largest absolute Gasteiger partial charge is 0.378 e. The van der Waals surface area contributed by atoms with Crippen LogP contribution in [0.4, 0.5) is 11.4 Å². The van der Waals surface area contributed by atoms with Gasteiger partial charge >= 0.3 is 0 Å². The second-order valence-corrected chi connectivity index (χ2v) is 6.88. The first-order valence-electron chi connectivity index (χ1n) is 9.48. The number of amides is 1.